The quantitative estimate of drug-likeness (QED) is 0.354. The van der Waals surface area contributed by atoms with E-state index in [1.54, 1.807) is 12.0 Å². The van der Waals surface area contributed by atoms with Crippen LogP contribution in [0, 0.1) is 11.8 Å². The number of fused-ring (bicyclic) bond motifs is 1. The molecule has 0 aromatic carbocycles. The number of methoxy groups -OCH3 is 1. The van der Waals surface area contributed by atoms with E-state index in [1.807, 2.05) is 12.2 Å². The van der Waals surface area contributed by atoms with E-state index < -0.39 is 24.0 Å². The smallest absolute Gasteiger partial charge is 0.385 e. The van der Waals surface area contributed by atoms with Gasteiger partial charge in [-0.3, -0.25) is 14.7 Å². The van der Waals surface area contributed by atoms with Crippen LogP contribution in [0.2, 0.25) is 0 Å². The van der Waals surface area contributed by atoms with E-state index in [0.29, 0.717) is 25.1 Å². The largest absolute Gasteiger partial charge is 0.451 e. The summed E-state index contributed by atoms with van der Waals surface area (Å²) in [6.07, 6.45) is 3.91. The minimum atomic E-state index is -4.69. The van der Waals surface area contributed by atoms with Gasteiger partial charge in [0.25, 0.3) is 5.92 Å². The molecule has 1 amide bonds. The zero-order chi connectivity index (χ0) is 28.0. The van der Waals surface area contributed by atoms with E-state index in [-0.39, 0.29) is 56.3 Å². The van der Waals surface area contributed by atoms with Crippen LogP contribution in [-0.4, -0.2) is 78.5 Å². The molecule has 216 valence electrons. The molecule has 4 atom stereocenters. The van der Waals surface area contributed by atoms with E-state index in [2.05, 4.69) is 25.6 Å². The lowest BCUT2D eigenvalue weighted by Gasteiger charge is -2.40. The van der Waals surface area contributed by atoms with Gasteiger partial charge in [-0.05, 0) is 25.3 Å². The standard InChI is InChI=1S/C26H35F5N6O2/c1-39-13-3-10-32-22-7-6-18-19(4-2-5-20(18)36-22)23(38)33-16-21(37-11-8-25(27,28)9-12-37)17-14-34-24(35-15-17)26(29,30)31/h6-7,14-15,18-21H,2-5,8-13,16H2,1H3,(H,32,36)(H,33,38). The Bertz CT molecular complexity index is 1020. The van der Waals surface area contributed by atoms with Gasteiger partial charge in [0.2, 0.25) is 11.7 Å². The van der Waals surface area contributed by atoms with Crippen LogP contribution in [0.5, 0.6) is 0 Å². The molecule has 8 nitrogen and oxygen atoms in total. The van der Waals surface area contributed by atoms with Gasteiger partial charge in [0.1, 0.15) is 5.84 Å². The first kappa shape index (κ1) is 29.3. The summed E-state index contributed by atoms with van der Waals surface area (Å²) in [6, 6.07) is -0.554. The highest BCUT2D eigenvalue weighted by Gasteiger charge is 2.40. The Hall–Kier alpha value is -2.67. The maximum absolute atomic E-state index is 13.8. The summed E-state index contributed by atoms with van der Waals surface area (Å²) in [5, 5.41) is 6.39. The first-order chi connectivity index (χ1) is 18.6. The lowest BCUT2D eigenvalue weighted by Crippen LogP contribution is -2.51. The third-order valence-corrected chi connectivity index (χ3v) is 7.64. The number of amides is 1. The van der Waals surface area contributed by atoms with Crippen molar-refractivity contribution in [2.45, 2.75) is 62.7 Å². The highest BCUT2D eigenvalue weighted by molar-refractivity contribution is 5.94. The molecule has 4 unspecified atom stereocenters. The molecule has 2 N–H and O–H groups in total. The third-order valence-electron chi connectivity index (χ3n) is 7.64. The van der Waals surface area contributed by atoms with Crippen molar-refractivity contribution in [3.63, 3.8) is 0 Å². The summed E-state index contributed by atoms with van der Waals surface area (Å²) in [5.41, 5.74) is 0.337. The first-order valence-electron chi connectivity index (χ1n) is 13.3. The summed E-state index contributed by atoms with van der Waals surface area (Å²) < 4.78 is 71.6. The van der Waals surface area contributed by atoms with E-state index in [1.165, 1.54) is 0 Å². The monoisotopic (exact) mass is 558 g/mol. The van der Waals surface area contributed by atoms with Crippen molar-refractivity contribution in [2.24, 2.45) is 16.8 Å². The minimum Gasteiger partial charge on any atom is -0.385 e. The van der Waals surface area contributed by atoms with Crippen molar-refractivity contribution in [2.75, 3.05) is 39.9 Å². The second-order valence-electron chi connectivity index (χ2n) is 10.3. The zero-order valence-corrected chi connectivity index (χ0v) is 21.9. The van der Waals surface area contributed by atoms with Gasteiger partial charge in [0.15, 0.2) is 0 Å². The fourth-order valence-electron chi connectivity index (χ4n) is 5.52. The number of nitrogens with one attached hydrogen (secondary N) is 2. The van der Waals surface area contributed by atoms with Crippen molar-refractivity contribution in [3.8, 4) is 0 Å². The first-order valence-corrected chi connectivity index (χ1v) is 13.3. The van der Waals surface area contributed by atoms with Crippen LogP contribution in [0.15, 0.2) is 29.5 Å². The van der Waals surface area contributed by atoms with Crippen LogP contribution >= 0.6 is 0 Å². The number of aliphatic imine (C=N–C) groups is 1. The van der Waals surface area contributed by atoms with Crippen molar-refractivity contribution in [1.82, 2.24) is 25.5 Å². The van der Waals surface area contributed by atoms with E-state index >= 15 is 0 Å². The lowest BCUT2D eigenvalue weighted by molar-refractivity contribution is -0.145. The average Bonchev–Trinajstić information content (AvgIpc) is 2.91. The Morgan fingerprint density at radius 1 is 1.26 bits per heavy atom. The molecule has 39 heavy (non-hydrogen) atoms. The normalized spacial score (nSPS) is 27.0. The zero-order valence-electron chi connectivity index (χ0n) is 21.9. The third kappa shape index (κ3) is 7.71. The molecule has 1 saturated carbocycles. The molecule has 2 aliphatic heterocycles. The second-order valence-corrected chi connectivity index (χ2v) is 10.3. The number of hydrogen-bond acceptors (Lipinski definition) is 6. The van der Waals surface area contributed by atoms with Gasteiger partial charge in [-0.1, -0.05) is 12.5 Å². The maximum atomic E-state index is 13.8. The highest BCUT2D eigenvalue weighted by Crippen LogP contribution is 2.35. The van der Waals surface area contributed by atoms with Gasteiger partial charge in [-0.25, -0.2) is 18.7 Å². The van der Waals surface area contributed by atoms with Crippen LogP contribution in [-0.2, 0) is 15.7 Å². The minimum absolute atomic E-state index is 0.0294. The van der Waals surface area contributed by atoms with E-state index in [4.69, 9.17) is 4.74 Å². The summed E-state index contributed by atoms with van der Waals surface area (Å²) >= 11 is 0. The van der Waals surface area contributed by atoms with Crippen LogP contribution in [0.1, 0.15) is 56.0 Å². The Kier molecular flexibility index (Phi) is 9.52. The second kappa shape index (κ2) is 12.7. The molecule has 3 heterocycles. The molecule has 1 aromatic rings. The fraction of sp³-hybridized carbons (Fsp3) is 0.692. The van der Waals surface area contributed by atoms with Crippen molar-refractivity contribution in [1.29, 1.82) is 0 Å². The predicted octanol–water partition coefficient (Wildman–Crippen LogP) is 3.76. The van der Waals surface area contributed by atoms with Crippen molar-refractivity contribution < 1.29 is 31.5 Å². The Morgan fingerprint density at radius 2 is 1.97 bits per heavy atom. The molecule has 2 fully saturated rings. The number of nitrogens with zero attached hydrogens (tertiary/aromatic N) is 4. The molecular formula is C26H35F5N6O2. The number of halogens is 5. The van der Waals surface area contributed by atoms with Gasteiger partial charge in [-0.2, -0.15) is 13.2 Å². The molecule has 3 aliphatic rings. The molecule has 0 bridgehead atoms. The van der Waals surface area contributed by atoms with Crippen molar-refractivity contribution in [3.05, 3.63) is 35.9 Å². The molecule has 13 heteroatoms. The molecule has 0 radical (unpaired) electrons. The summed E-state index contributed by atoms with van der Waals surface area (Å²) in [7, 11) is 1.65. The summed E-state index contributed by atoms with van der Waals surface area (Å²) in [5.74, 6) is -3.76. The average molecular weight is 559 g/mol. The number of carbonyl (C=O) groups is 1. The molecular weight excluding hydrogens is 523 g/mol. The SMILES string of the molecule is COCCCN=C1C=CC2C(CCCC2C(=O)NCC(c2cnc(C(F)(F)F)nc2)N2CCC(F)(F)CC2)N1. The number of aromatic nitrogens is 2. The number of carbonyl (C=O) groups excluding carboxylic acids is 1. The Balaban J connectivity index is 1.43. The van der Waals surface area contributed by atoms with Crippen LogP contribution < -0.4 is 10.6 Å². The van der Waals surface area contributed by atoms with Gasteiger partial charge in [0.05, 0.1) is 6.04 Å². The van der Waals surface area contributed by atoms with Crippen LogP contribution in [0.25, 0.3) is 0 Å². The van der Waals surface area contributed by atoms with Gasteiger partial charge in [-0.15, -0.1) is 0 Å². The van der Waals surface area contributed by atoms with Crippen LogP contribution in [0.3, 0.4) is 0 Å². The molecule has 1 saturated heterocycles. The number of rotatable bonds is 9. The number of piperidine rings is 1. The van der Waals surface area contributed by atoms with E-state index in [9.17, 15) is 26.7 Å². The molecule has 1 aromatic heterocycles. The lowest BCUT2D eigenvalue weighted by atomic mass is 9.74. The molecule has 1 aliphatic carbocycles. The highest BCUT2D eigenvalue weighted by atomic mass is 19.4. The Morgan fingerprint density at radius 3 is 2.64 bits per heavy atom. The fourth-order valence-corrected chi connectivity index (χ4v) is 5.52. The molecule has 0 spiro atoms. The van der Waals surface area contributed by atoms with Gasteiger partial charge >= 0.3 is 6.18 Å². The number of ether oxygens (including phenoxy) is 1. The van der Waals surface area contributed by atoms with Crippen LogP contribution in [0.4, 0.5) is 22.0 Å². The predicted molar refractivity (Wildman–Crippen MR) is 134 cm³/mol. The number of hydrogen-bond donors (Lipinski definition) is 2. The summed E-state index contributed by atoms with van der Waals surface area (Å²) in [6.45, 7) is 1.41. The topological polar surface area (TPSA) is 91.7 Å². The van der Waals surface area contributed by atoms with E-state index in [0.717, 1.165) is 37.5 Å². The maximum Gasteiger partial charge on any atom is 0.451 e. The number of alkyl halides is 5. The number of amidine groups is 1. The number of likely N-dealkylation sites (tertiary alicyclic amines) is 1. The summed E-state index contributed by atoms with van der Waals surface area (Å²) in [4.78, 5) is 26.5. The Labute approximate surface area is 224 Å². The molecule has 4 rings (SSSR count). The van der Waals surface area contributed by atoms with Gasteiger partial charge in [0, 0.05) is 88.6 Å². The van der Waals surface area contributed by atoms with Crippen molar-refractivity contribution >= 4 is 11.7 Å². The van der Waals surface area contributed by atoms with Gasteiger partial charge < -0.3 is 15.4 Å².